The average molecular weight is 633 g/mol. The third kappa shape index (κ3) is 4.15. The number of fused-ring (bicyclic) bond motifs is 5. The number of thioether (sulfide) groups is 1. The van der Waals surface area contributed by atoms with Crippen molar-refractivity contribution in [3.8, 4) is 0 Å². The van der Waals surface area contributed by atoms with Crippen molar-refractivity contribution in [2.24, 2.45) is 0 Å². The second kappa shape index (κ2) is 10.5. The number of nitrogens with zero attached hydrogens (tertiary/aromatic N) is 4. The van der Waals surface area contributed by atoms with Gasteiger partial charge < -0.3 is 9.32 Å². The van der Waals surface area contributed by atoms with E-state index >= 15 is 0 Å². The zero-order valence-electron chi connectivity index (χ0n) is 23.3. The molecule has 6 aromatic rings. The molecule has 11 heteroatoms. The summed E-state index contributed by atoms with van der Waals surface area (Å²) in [6.45, 7) is 0.0858. The molecule has 0 aliphatic carbocycles. The van der Waals surface area contributed by atoms with Crippen LogP contribution in [0.3, 0.4) is 0 Å². The molecule has 2 aliphatic rings. The van der Waals surface area contributed by atoms with E-state index in [0.717, 1.165) is 5.56 Å². The molecule has 4 heterocycles. The third-order valence-electron chi connectivity index (χ3n) is 8.08. The zero-order chi connectivity index (χ0) is 30.7. The van der Waals surface area contributed by atoms with Gasteiger partial charge in [-0.1, -0.05) is 95.9 Å². The third-order valence-corrected chi connectivity index (χ3v) is 10.2. The Balaban J connectivity index is 1.32. The quantitative estimate of drug-likeness (QED) is 0.152. The number of anilines is 2. The highest BCUT2D eigenvalue weighted by Gasteiger charge is 2.66. The Morgan fingerprint density at radius 1 is 0.822 bits per heavy atom. The molecule has 0 radical (unpaired) electrons. The molecule has 1 atom stereocenters. The maximum absolute atomic E-state index is 15.0. The Kier molecular flexibility index (Phi) is 6.40. The summed E-state index contributed by atoms with van der Waals surface area (Å²) in [5.74, 6) is -1.15. The van der Waals surface area contributed by atoms with Gasteiger partial charge in [-0.25, -0.2) is 4.39 Å². The van der Waals surface area contributed by atoms with Gasteiger partial charge in [-0.2, -0.15) is 0 Å². The first-order valence-electron chi connectivity index (χ1n) is 14.0. The SMILES string of the molecule is O=C1c2oc3ccccc3c(=O)c2C2(C(=O)N(Cc3ccc(F)cc3)c3ccccc32)N1c1nnc(SCc2ccccc2)s1. The summed E-state index contributed by atoms with van der Waals surface area (Å²) in [5, 5.41) is 9.15. The maximum Gasteiger partial charge on any atom is 0.297 e. The van der Waals surface area contributed by atoms with Crippen LogP contribution in [0.2, 0.25) is 0 Å². The van der Waals surface area contributed by atoms with Gasteiger partial charge in [0.05, 0.1) is 23.2 Å². The van der Waals surface area contributed by atoms with Crippen molar-refractivity contribution >= 4 is 56.7 Å². The molecule has 8 rings (SSSR count). The van der Waals surface area contributed by atoms with Crippen LogP contribution in [0.1, 0.15) is 32.8 Å². The van der Waals surface area contributed by atoms with Gasteiger partial charge in [0.2, 0.25) is 10.9 Å². The minimum atomic E-state index is -1.89. The second-order valence-electron chi connectivity index (χ2n) is 10.6. The molecule has 220 valence electrons. The van der Waals surface area contributed by atoms with Crippen molar-refractivity contribution in [1.29, 1.82) is 0 Å². The lowest BCUT2D eigenvalue weighted by atomic mass is 9.84. The Morgan fingerprint density at radius 3 is 2.38 bits per heavy atom. The molecule has 0 bridgehead atoms. The van der Waals surface area contributed by atoms with E-state index in [4.69, 9.17) is 4.42 Å². The fourth-order valence-corrected chi connectivity index (χ4v) is 7.96. The monoisotopic (exact) mass is 632 g/mol. The molecule has 2 aliphatic heterocycles. The minimum Gasteiger partial charge on any atom is -0.450 e. The molecule has 0 N–H and O–H groups in total. The zero-order valence-corrected chi connectivity index (χ0v) is 25.0. The van der Waals surface area contributed by atoms with Crippen LogP contribution >= 0.6 is 23.1 Å². The van der Waals surface area contributed by atoms with Crippen LogP contribution in [0.5, 0.6) is 0 Å². The van der Waals surface area contributed by atoms with E-state index in [1.54, 1.807) is 60.7 Å². The fourth-order valence-electron chi connectivity index (χ4n) is 6.11. The summed E-state index contributed by atoms with van der Waals surface area (Å²) >= 11 is 2.63. The Labute approximate surface area is 263 Å². The molecule has 8 nitrogen and oxygen atoms in total. The lowest BCUT2D eigenvalue weighted by Gasteiger charge is -2.32. The normalized spacial score (nSPS) is 17.0. The van der Waals surface area contributed by atoms with Gasteiger partial charge >= 0.3 is 0 Å². The second-order valence-corrected chi connectivity index (χ2v) is 12.8. The van der Waals surface area contributed by atoms with Crippen molar-refractivity contribution < 1.29 is 18.4 Å². The summed E-state index contributed by atoms with van der Waals surface area (Å²) < 4.78 is 20.5. The van der Waals surface area contributed by atoms with E-state index in [1.807, 2.05) is 30.3 Å². The van der Waals surface area contributed by atoms with Crippen molar-refractivity contribution in [3.05, 3.63) is 147 Å². The fraction of sp³-hybridized carbons (Fsp3) is 0.0882. The first kappa shape index (κ1) is 27.4. The summed E-state index contributed by atoms with van der Waals surface area (Å²) in [6.07, 6.45) is 0. The largest absolute Gasteiger partial charge is 0.450 e. The van der Waals surface area contributed by atoms with Gasteiger partial charge in [0.15, 0.2) is 15.3 Å². The van der Waals surface area contributed by atoms with Crippen LogP contribution in [0.4, 0.5) is 15.2 Å². The highest BCUT2D eigenvalue weighted by molar-refractivity contribution is 8.00. The number of aromatic nitrogens is 2. The van der Waals surface area contributed by atoms with Gasteiger partial charge in [-0.3, -0.25) is 19.3 Å². The Hall–Kier alpha value is -5.13. The topological polar surface area (TPSA) is 96.6 Å². The molecule has 1 unspecified atom stereocenters. The highest BCUT2D eigenvalue weighted by Crippen LogP contribution is 2.55. The molecule has 2 amide bonds. The number of hydrogen-bond acceptors (Lipinski definition) is 8. The van der Waals surface area contributed by atoms with E-state index in [0.29, 0.717) is 26.9 Å². The molecule has 2 aromatic heterocycles. The molecule has 0 saturated heterocycles. The van der Waals surface area contributed by atoms with E-state index in [9.17, 15) is 18.8 Å². The van der Waals surface area contributed by atoms with E-state index in [2.05, 4.69) is 10.2 Å². The summed E-state index contributed by atoms with van der Waals surface area (Å²) in [5.41, 5.74) is 0.552. The number of rotatable bonds is 6. The predicted octanol–water partition coefficient (Wildman–Crippen LogP) is 6.53. The minimum absolute atomic E-state index is 0.0565. The number of halogens is 1. The van der Waals surface area contributed by atoms with Crippen LogP contribution < -0.4 is 15.2 Å². The molecule has 45 heavy (non-hydrogen) atoms. The maximum atomic E-state index is 15.0. The van der Waals surface area contributed by atoms with Gasteiger partial charge in [-0.05, 0) is 41.5 Å². The summed E-state index contributed by atoms with van der Waals surface area (Å²) in [4.78, 5) is 46.5. The number of carbonyl (C=O) groups is 2. The van der Waals surface area contributed by atoms with Crippen molar-refractivity contribution in [1.82, 2.24) is 10.2 Å². The van der Waals surface area contributed by atoms with Crippen LogP contribution in [0.25, 0.3) is 11.0 Å². The number of hydrogen-bond donors (Lipinski definition) is 0. The smallest absolute Gasteiger partial charge is 0.297 e. The first-order chi connectivity index (χ1) is 22.0. The van der Waals surface area contributed by atoms with E-state index < -0.39 is 28.6 Å². The lowest BCUT2D eigenvalue weighted by Crippen LogP contribution is -2.53. The number of benzene rings is 4. The first-order valence-corrected chi connectivity index (χ1v) is 15.8. The molecule has 0 saturated carbocycles. The standard InChI is InChI=1S/C34H21FN4O4S2/c35-22-16-14-20(15-17-22)18-38-25-12-6-5-11-24(25)34(31(38)42)27-28(40)23-10-4-7-13-26(23)43-29(27)30(41)39(34)32-36-37-33(45-32)44-19-21-8-2-1-3-9-21/h1-17H,18-19H2. The number of amides is 2. The van der Waals surface area contributed by atoms with Gasteiger partial charge in [-0.15, -0.1) is 10.2 Å². The van der Waals surface area contributed by atoms with Gasteiger partial charge in [0.1, 0.15) is 11.4 Å². The molecule has 0 fully saturated rings. The van der Waals surface area contributed by atoms with Crippen LogP contribution in [-0.2, 0) is 22.6 Å². The summed E-state index contributed by atoms with van der Waals surface area (Å²) in [6, 6.07) is 29.5. The number of carbonyl (C=O) groups excluding carboxylic acids is 2. The van der Waals surface area contributed by atoms with Crippen LogP contribution in [0, 0.1) is 5.82 Å². The van der Waals surface area contributed by atoms with E-state index in [-0.39, 0.29) is 34.0 Å². The van der Waals surface area contributed by atoms with Gasteiger partial charge in [0.25, 0.3) is 11.8 Å². The Morgan fingerprint density at radius 2 is 1.56 bits per heavy atom. The summed E-state index contributed by atoms with van der Waals surface area (Å²) in [7, 11) is 0. The van der Waals surface area contributed by atoms with Crippen LogP contribution in [0.15, 0.2) is 117 Å². The molecular weight excluding hydrogens is 612 g/mol. The van der Waals surface area contributed by atoms with Gasteiger partial charge in [0, 0.05) is 11.3 Å². The van der Waals surface area contributed by atoms with Crippen molar-refractivity contribution in [2.75, 3.05) is 9.80 Å². The van der Waals surface area contributed by atoms with E-state index in [1.165, 1.54) is 45.0 Å². The van der Waals surface area contributed by atoms with Crippen molar-refractivity contribution in [2.45, 2.75) is 22.2 Å². The van der Waals surface area contributed by atoms with Crippen molar-refractivity contribution in [3.63, 3.8) is 0 Å². The van der Waals surface area contributed by atoms with Crippen LogP contribution in [-0.4, -0.2) is 22.0 Å². The number of para-hydroxylation sites is 2. The molecule has 4 aromatic carbocycles. The molecular formula is C34H21FN4O4S2. The Bertz CT molecular complexity index is 2200. The highest BCUT2D eigenvalue weighted by atomic mass is 32.2. The lowest BCUT2D eigenvalue weighted by molar-refractivity contribution is -0.121. The molecule has 1 spiro atoms. The predicted molar refractivity (Wildman–Crippen MR) is 170 cm³/mol. The average Bonchev–Trinajstić information content (AvgIpc) is 3.71.